The molecule has 0 radical (unpaired) electrons. The second-order valence-electron chi connectivity index (χ2n) is 2.94. The molecule has 0 spiro atoms. The van der Waals surface area contributed by atoms with Crippen LogP contribution in [0.3, 0.4) is 0 Å². The van der Waals surface area contributed by atoms with Crippen LogP contribution < -0.4 is 15.2 Å². The van der Waals surface area contributed by atoms with E-state index in [1.54, 1.807) is 4.72 Å². The third-order valence-corrected chi connectivity index (χ3v) is 2.92. The SMILES string of the molecule is COC(=O)NS(=O)(=O)Nc1ccc(N)c(Cl)c1. The van der Waals surface area contributed by atoms with Crippen molar-refractivity contribution in [2.24, 2.45) is 0 Å². The molecule has 0 bridgehead atoms. The molecule has 0 saturated carbocycles. The van der Waals surface area contributed by atoms with E-state index in [4.69, 9.17) is 17.3 Å². The van der Waals surface area contributed by atoms with E-state index >= 15 is 0 Å². The lowest BCUT2D eigenvalue weighted by atomic mass is 10.3. The van der Waals surface area contributed by atoms with Gasteiger partial charge in [-0.05, 0) is 18.2 Å². The Hall–Kier alpha value is -1.67. The molecule has 4 N–H and O–H groups in total. The van der Waals surface area contributed by atoms with Gasteiger partial charge in [0, 0.05) is 0 Å². The van der Waals surface area contributed by atoms with Crippen molar-refractivity contribution in [3.05, 3.63) is 23.2 Å². The first-order valence-corrected chi connectivity index (χ1v) is 6.13. The van der Waals surface area contributed by atoms with Gasteiger partial charge < -0.3 is 10.5 Å². The van der Waals surface area contributed by atoms with E-state index in [1.807, 2.05) is 0 Å². The van der Waals surface area contributed by atoms with E-state index in [0.29, 0.717) is 5.69 Å². The Balaban J connectivity index is 2.83. The highest BCUT2D eigenvalue weighted by Crippen LogP contribution is 2.22. The van der Waals surface area contributed by atoms with Crippen LogP contribution in [0.4, 0.5) is 16.2 Å². The van der Waals surface area contributed by atoms with Crippen molar-refractivity contribution in [2.45, 2.75) is 0 Å². The smallest absolute Gasteiger partial charge is 0.422 e. The maximum absolute atomic E-state index is 11.4. The minimum Gasteiger partial charge on any atom is -0.452 e. The molecule has 0 aromatic heterocycles. The maximum Gasteiger partial charge on any atom is 0.422 e. The summed E-state index contributed by atoms with van der Waals surface area (Å²) in [5.74, 6) is 0. The Bertz CT molecular complexity index is 532. The van der Waals surface area contributed by atoms with Gasteiger partial charge in [-0.25, -0.2) is 9.52 Å². The number of anilines is 2. The number of hydrogen-bond donors (Lipinski definition) is 3. The second kappa shape index (κ2) is 5.11. The summed E-state index contributed by atoms with van der Waals surface area (Å²) in [5, 5.41) is 0.197. The van der Waals surface area contributed by atoms with Crippen LogP contribution in [0.15, 0.2) is 18.2 Å². The van der Waals surface area contributed by atoms with Gasteiger partial charge >= 0.3 is 16.3 Å². The molecule has 1 rings (SSSR count). The summed E-state index contributed by atoms with van der Waals surface area (Å²) < 4.78 is 30.6. The number of nitrogens with two attached hydrogens (primary N) is 1. The Morgan fingerprint density at radius 1 is 1.47 bits per heavy atom. The zero-order valence-corrected chi connectivity index (χ0v) is 10.3. The molecule has 1 amide bonds. The number of ether oxygens (including phenoxy) is 1. The zero-order valence-electron chi connectivity index (χ0n) is 8.73. The summed E-state index contributed by atoms with van der Waals surface area (Å²) >= 11 is 5.70. The zero-order chi connectivity index (χ0) is 13.1. The average Bonchev–Trinajstić information content (AvgIpc) is 2.22. The minimum atomic E-state index is -4.05. The molecule has 0 fully saturated rings. The van der Waals surface area contributed by atoms with Crippen LogP contribution in [0.5, 0.6) is 0 Å². The van der Waals surface area contributed by atoms with Gasteiger partial charge in [0.1, 0.15) is 0 Å². The molecule has 0 aliphatic heterocycles. The normalized spacial score (nSPS) is 10.7. The largest absolute Gasteiger partial charge is 0.452 e. The number of carbonyl (C=O) groups is 1. The Labute approximate surface area is 103 Å². The molecule has 7 nitrogen and oxygen atoms in total. The molecule has 0 heterocycles. The number of amides is 1. The molecule has 0 saturated heterocycles. The molecule has 0 aliphatic carbocycles. The summed E-state index contributed by atoms with van der Waals surface area (Å²) in [6, 6.07) is 4.14. The van der Waals surface area contributed by atoms with Gasteiger partial charge in [0.25, 0.3) is 0 Å². The van der Waals surface area contributed by atoms with Crippen molar-refractivity contribution in [3.63, 3.8) is 0 Å². The third-order valence-electron chi connectivity index (χ3n) is 1.66. The third kappa shape index (κ3) is 4.00. The van der Waals surface area contributed by atoms with Gasteiger partial charge in [-0.15, -0.1) is 0 Å². The van der Waals surface area contributed by atoms with Crippen molar-refractivity contribution in [1.29, 1.82) is 0 Å². The van der Waals surface area contributed by atoms with Crippen LogP contribution in [-0.2, 0) is 14.9 Å². The Morgan fingerprint density at radius 3 is 2.65 bits per heavy atom. The van der Waals surface area contributed by atoms with Crippen LogP contribution in [0.2, 0.25) is 5.02 Å². The monoisotopic (exact) mass is 279 g/mol. The van der Waals surface area contributed by atoms with Crippen molar-refractivity contribution >= 4 is 39.3 Å². The van der Waals surface area contributed by atoms with Gasteiger partial charge in [-0.2, -0.15) is 8.42 Å². The molecule has 0 atom stereocenters. The van der Waals surface area contributed by atoms with Gasteiger partial charge in [-0.1, -0.05) is 11.6 Å². The van der Waals surface area contributed by atoms with Crippen molar-refractivity contribution in [2.75, 3.05) is 17.6 Å². The molecule has 94 valence electrons. The number of halogens is 1. The maximum atomic E-state index is 11.4. The molecule has 1 aromatic carbocycles. The molecule has 0 unspecified atom stereocenters. The molecule has 1 aromatic rings. The van der Waals surface area contributed by atoms with Crippen LogP contribution in [0.25, 0.3) is 0 Å². The van der Waals surface area contributed by atoms with E-state index in [-0.39, 0.29) is 10.7 Å². The Morgan fingerprint density at radius 2 is 2.12 bits per heavy atom. The van der Waals surface area contributed by atoms with E-state index in [9.17, 15) is 13.2 Å². The first-order chi connectivity index (χ1) is 7.84. The van der Waals surface area contributed by atoms with Crippen LogP contribution in [0, 0.1) is 0 Å². The van der Waals surface area contributed by atoms with Crippen LogP contribution in [-0.4, -0.2) is 21.6 Å². The van der Waals surface area contributed by atoms with E-state index in [0.717, 1.165) is 7.11 Å². The lowest BCUT2D eigenvalue weighted by Gasteiger charge is -2.09. The highest BCUT2D eigenvalue weighted by atomic mass is 35.5. The van der Waals surface area contributed by atoms with E-state index < -0.39 is 16.3 Å². The molecule has 9 heteroatoms. The number of carbonyl (C=O) groups excluding carboxylic acids is 1. The van der Waals surface area contributed by atoms with Crippen molar-refractivity contribution in [1.82, 2.24) is 4.72 Å². The van der Waals surface area contributed by atoms with Crippen molar-refractivity contribution in [3.8, 4) is 0 Å². The number of nitrogens with one attached hydrogen (secondary N) is 2. The summed E-state index contributed by atoms with van der Waals surface area (Å²) in [6.07, 6.45) is -1.10. The molecular weight excluding hydrogens is 270 g/mol. The quantitative estimate of drug-likeness (QED) is 0.713. The number of methoxy groups -OCH3 is 1. The van der Waals surface area contributed by atoms with Crippen LogP contribution >= 0.6 is 11.6 Å². The molecule has 0 aliphatic rings. The average molecular weight is 280 g/mol. The van der Waals surface area contributed by atoms with E-state index in [2.05, 4.69) is 9.46 Å². The fourth-order valence-corrected chi connectivity index (χ4v) is 1.89. The lowest BCUT2D eigenvalue weighted by molar-refractivity contribution is 0.177. The highest BCUT2D eigenvalue weighted by Gasteiger charge is 2.14. The number of nitrogen functional groups attached to an aromatic ring is 1. The second-order valence-corrected chi connectivity index (χ2v) is 4.76. The predicted octanol–water partition coefficient (Wildman–Crippen LogP) is 0.935. The predicted molar refractivity (Wildman–Crippen MR) is 63.9 cm³/mol. The van der Waals surface area contributed by atoms with Crippen LogP contribution in [0.1, 0.15) is 0 Å². The standard InChI is InChI=1S/C8H10ClN3O4S/c1-16-8(13)12-17(14,15)11-5-2-3-7(10)6(9)4-5/h2-4,11H,10H2,1H3,(H,12,13). The summed E-state index contributed by atoms with van der Waals surface area (Å²) in [6.45, 7) is 0. The topological polar surface area (TPSA) is 111 Å². The number of rotatable bonds is 3. The summed E-state index contributed by atoms with van der Waals surface area (Å²) in [7, 11) is -3.00. The van der Waals surface area contributed by atoms with E-state index in [1.165, 1.54) is 18.2 Å². The lowest BCUT2D eigenvalue weighted by Crippen LogP contribution is -2.35. The number of benzene rings is 1. The first kappa shape index (κ1) is 13.4. The number of hydrogen-bond acceptors (Lipinski definition) is 5. The fourth-order valence-electron chi connectivity index (χ4n) is 0.923. The highest BCUT2D eigenvalue weighted by molar-refractivity contribution is 7.91. The summed E-state index contributed by atoms with van der Waals surface area (Å²) in [4.78, 5) is 10.7. The van der Waals surface area contributed by atoms with Gasteiger partial charge in [-0.3, -0.25) is 4.72 Å². The summed E-state index contributed by atoms with van der Waals surface area (Å²) in [5.41, 5.74) is 5.94. The first-order valence-electron chi connectivity index (χ1n) is 4.27. The minimum absolute atomic E-state index is 0.167. The van der Waals surface area contributed by atoms with Gasteiger partial charge in [0.05, 0.1) is 23.5 Å². The fraction of sp³-hybridized carbons (Fsp3) is 0.125. The molecular formula is C8H10ClN3O4S. The van der Waals surface area contributed by atoms with Gasteiger partial charge in [0.15, 0.2) is 0 Å². The Kier molecular flexibility index (Phi) is 4.02. The van der Waals surface area contributed by atoms with Crippen molar-refractivity contribution < 1.29 is 17.9 Å². The molecule has 17 heavy (non-hydrogen) atoms. The van der Waals surface area contributed by atoms with Gasteiger partial charge in [0.2, 0.25) is 0 Å².